The third-order valence-electron chi connectivity index (χ3n) is 1.36. The molecule has 0 bridgehead atoms. The fourth-order valence-electron chi connectivity index (χ4n) is 0.837. The number of nitrogens with one attached hydrogen (secondary N) is 1. The molecule has 0 atom stereocenters. The van der Waals surface area contributed by atoms with Crippen LogP contribution >= 0.6 is 11.3 Å². The molecule has 1 rings (SSSR count). The molecule has 0 aliphatic heterocycles. The van der Waals surface area contributed by atoms with Gasteiger partial charge in [-0.3, -0.25) is 10.1 Å². The van der Waals surface area contributed by atoms with Gasteiger partial charge in [-0.2, -0.15) is 0 Å². The van der Waals surface area contributed by atoms with Crippen LogP contribution in [0.4, 0.5) is 9.93 Å². The Morgan fingerprint density at radius 2 is 2.12 bits per heavy atom. The van der Waals surface area contributed by atoms with Crippen LogP contribution < -0.4 is 11.1 Å². The van der Waals surface area contributed by atoms with E-state index in [1.807, 2.05) is 0 Å². The lowest BCUT2D eigenvalue weighted by atomic mass is 10.2. The predicted molar refractivity (Wildman–Crippen MR) is 60.5 cm³/mol. The Hall–Kier alpha value is -1.63. The van der Waals surface area contributed by atoms with Gasteiger partial charge in [0.25, 0.3) is 5.91 Å². The maximum Gasteiger partial charge on any atom is 0.413 e. The number of hydrogen-bond acceptors (Lipinski definition) is 5. The molecule has 0 unspecified atom stereocenters. The molecule has 88 valence electrons. The van der Waals surface area contributed by atoms with E-state index in [4.69, 9.17) is 10.5 Å². The lowest BCUT2D eigenvalue weighted by Crippen LogP contribution is -2.27. The SMILES string of the molecule is CC(C)(C)OC(=O)Nc1ncc(C(N)=O)s1. The van der Waals surface area contributed by atoms with Crippen molar-refractivity contribution in [1.29, 1.82) is 0 Å². The van der Waals surface area contributed by atoms with Gasteiger partial charge < -0.3 is 10.5 Å². The number of carbonyl (C=O) groups excluding carboxylic acids is 2. The molecule has 0 radical (unpaired) electrons. The van der Waals surface area contributed by atoms with Crippen LogP contribution in [0.25, 0.3) is 0 Å². The minimum Gasteiger partial charge on any atom is -0.444 e. The van der Waals surface area contributed by atoms with Crippen LogP contribution in [0.15, 0.2) is 6.20 Å². The van der Waals surface area contributed by atoms with Gasteiger partial charge in [-0.1, -0.05) is 11.3 Å². The van der Waals surface area contributed by atoms with Crippen molar-refractivity contribution >= 4 is 28.5 Å². The van der Waals surface area contributed by atoms with E-state index >= 15 is 0 Å². The van der Waals surface area contributed by atoms with Crippen molar-refractivity contribution in [1.82, 2.24) is 4.98 Å². The summed E-state index contributed by atoms with van der Waals surface area (Å²) in [5.74, 6) is -0.574. The molecule has 1 aromatic heterocycles. The number of aromatic nitrogens is 1. The maximum atomic E-state index is 11.3. The fraction of sp³-hybridized carbons (Fsp3) is 0.444. The summed E-state index contributed by atoms with van der Waals surface area (Å²) in [7, 11) is 0. The van der Waals surface area contributed by atoms with E-state index in [9.17, 15) is 9.59 Å². The van der Waals surface area contributed by atoms with Gasteiger partial charge in [0.05, 0.1) is 6.20 Å². The largest absolute Gasteiger partial charge is 0.444 e. The highest BCUT2D eigenvalue weighted by molar-refractivity contribution is 7.17. The molecule has 3 N–H and O–H groups in total. The molecular weight excluding hydrogens is 230 g/mol. The van der Waals surface area contributed by atoms with E-state index < -0.39 is 17.6 Å². The number of ether oxygens (including phenoxy) is 1. The first kappa shape index (κ1) is 12.4. The zero-order chi connectivity index (χ0) is 12.3. The molecule has 0 saturated carbocycles. The summed E-state index contributed by atoms with van der Waals surface area (Å²) in [5.41, 5.74) is 4.47. The van der Waals surface area contributed by atoms with E-state index in [-0.39, 0.29) is 10.0 Å². The summed E-state index contributed by atoms with van der Waals surface area (Å²) >= 11 is 0.998. The molecule has 0 saturated heterocycles. The third kappa shape index (κ3) is 3.85. The molecule has 0 fully saturated rings. The topological polar surface area (TPSA) is 94.3 Å². The summed E-state index contributed by atoms with van der Waals surface area (Å²) in [5, 5.41) is 2.69. The number of anilines is 1. The van der Waals surface area contributed by atoms with Crippen molar-refractivity contribution in [2.75, 3.05) is 5.32 Å². The molecule has 0 aliphatic carbocycles. The first-order valence-electron chi connectivity index (χ1n) is 4.53. The Bertz CT molecular complexity index is 408. The van der Waals surface area contributed by atoms with Crippen LogP contribution in [0.3, 0.4) is 0 Å². The van der Waals surface area contributed by atoms with Gasteiger partial charge in [-0.15, -0.1) is 0 Å². The van der Waals surface area contributed by atoms with Crippen molar-refractivity contribution in [2.45, 2.75) is 26.4 Å². The van der Waals surface area contributed by atoms with Crippen LogP contribution in [-0.4, -0.2) is 22.6 Å². The van der Waals surface area contributed by atoms with Crippen molar-refractivity contribution in [2.24, 2.45) is 5.73 Å². The van der Waals surface area contributed by atoms with Crippen LogP contribution in [0.1, 0.15) is 30.4 Å². The predicted octanol–water partition coefficient (Wildman–Crippen LogP) is 1.59. The normalized spacial score (nSPS) is 10.9. The van der Waals surface area contributed by atoms with E-state index in [2.05, 4.69) is 10.3 Å². The Morgan fingerprint density at radius 1 is 1.50 bits per heavy atom. The standard InChI is InChI=1S/C9H13N3O3S/c1-9(2,3)15-8(14)12-7-11-4-5(16-7)6(10)13/h4H,1-3H3,(H2,10,13)(H,11,12,14). The van der Waals surface area contributed by atoms with Gasteiger partial charge in [-0.25, -0.2) is 9.78 Å². The molecule has 6 nitrogen and oxygen atoms in total. The second kappa shape index (κ2) is 4.48. The minimum atomic E-state index is -0.613. The fourth-order valence-corrected chi connectivity index (χ4v) is 1.49. The average Bonchev–Trinajstić information content (AvgIpc) is 2.48. The molecule has 1 heterocycles. The van der Waals surface area contributed by atoms with Crippen molar-refractivity contribution in [3.8, 4) is 0 Å². The molecule has 0 aromatic carbocycles. The van der Waals surface area contributed by atoms with Gasteiger partial charge in [-0.05, 0) is 20.8 Å². The molecule has 1 aromatic rings. The molecule has 16 heavy (non-hydrogen) atoms. The Kier molecular flexibility index (Phi) is 3.48. The summed E-state index contributed by atoms with van der Waals surface area (Å²) in [6, 6.07) is 0. The van der Waals surface area contributed by atoms with Crippen molar-refractivity contribution in [3.05, 3.63) is 11.1 Å². The number of nitrogens with two attached hydrogens (primary N) is 1. The average molecular weight is 243 g/mol. The van der Waals surface area contributed by atoms with Gasteiger partial charge in [0.15, 0.2) is 5.13 Å². The molecule has 7 heteroatoms. The Morgan fingerprint density at radius 3 is 2.56 bits per heavy atom. The smallest absolute Gasteiger partial charge is 0.413 e. The van der Waals surface area contributed by atoms with Gasteiger partial charge in [0, 0.05) is 0 Å². The highest BCUT2D eigenvalue weighted by atomic mass is 32.1. The number of hydrogen-bond donors (Lipinski definition) is 2. The summed E-state index contributed by atoms with van der Waals surface area (Å²) < 4.78 is 5.01. The molecule has 2 amide bonds. The summed E-state index contributed by atoms with van der Waals surface area (Å²) in [6.45, 7) is 5.26. The second-order valence-corrected chi connectivity index (χ2v) is 5.05. The summed E-state index contributed by atoms with van der Waals surface area (Å²) in [6.07, 6.45) is 0.692. The third-order valence-corrected chi connectivity index (χ3v) is 2.28. The highest BCUT2D eigenvalue weighted by Gasteiger charge is 2.17. The lowest BCUT2D eigenvalue weighted by molar-refractivity contribution is 0.0635. The van der Waals surface area contributed by atoms with Gasteiger partial charge in [0.2, 0.25) is 0 Å². The first-order valence-corrected chi connectivity index (χ1v) is 5.35. The van der Waals surface area contributed by atoms with Gasteiger partial charge in [0.1, 0.15) is 10.5 Å². The van der Waals surface area contributed by atoms with E-state index in [0.717, 1.165) is 11.3 Å². The maximum absolute atomic E-state index is 11.3. The summed E-state index contributed by atoms with van der Waals surface area (Å²) in [4.78, 5) is 26.2. The van der Waals surface area contributed by atoms with E-state index in [1.54, 1.807) is 20.8 Å². The number of carbonyl (C=O) groups is 2. The monoisotopic (exact) mass is 243 g/mol. The van der Waals surface area contributed by atoms with Gasteiger partial charge >= 0.3 is 6.09 Å². The number of nitrogens with zero attached hydrogens (tertiary/aromatic N) is 1. The number of amides is 2. The molecular formula is C9H13N3O3S. The van der Waals surface area contributed by atoms with E-state index in [1.165, 1.54) is 6.20 Å². The zero-order valence-electron chi connectivity index (χ0n) is 9.23. The number of primary amides is 1. The lowest BCUT2D eigenvalue weighted by Gasteiger charge is -2.18. The Balaban J connectivity index is 2.60. The second-order valence-electron chi connectivity index (χ2n) is 4.02. The highest BCUT2D eigenvalue weighted by Crippen LogP contribution is 2.18. The van der Waals surface area contributed by atoms with Crippen LogP contribution in [0.5, 0.6) is 0 Å². The number of rotatable bonds is 2. The van der Waals surface area contributed by atoms with Crippen LogP contribution in [0, 0.1) is 0 Å². The van der Waals surface area contributed by atoms with Crippen molar-refractivity contribution in [3.63, 3.8) is 0 Å². The first-order chi connectivity index (χ1) is 7.28. The number of thiazole rings is 1. The quantitative estimate of drug-likeness (QED) is 0.824. The van der Waals surface area contributed by atoms with Crippen molar-refractivity contribution < 1.29 is 14.3 Å². The minimum absolute atomic E-state index is 0.281. The van der Waals surface area contributed by atoms with E-state index in [0.29, 0.717) is 0 Å². The molecule has 0 aliphatic rings. The molecule has 0 spiro atoms. The Labute approximate surface area is 96.8 Å². The van der Waals surface area contributed by atoms with Crippen LogP contribution in [-0.2, 0) is 4.74 Å². The van der Waals surface area contributed by atoms with Crippen LogP contribution in [0.2, 0.25) is 0 Å². The zero-order valence-corrected chi connectivity index (χ0v) is 10.1.